The van der Waals surface area contributed by atoms with Crippen molar-refractivity contribution in [1.82, 2.24) is 9.78 Å². The molecule has 0 aliphatic rings. The zero-order chi connectivity index (χ0) is 18.0. The van der Waals surface area contributed by atoms with Crippen molar-refractivity contribution in [3.63, 3.8) is 0 Å². The summed E-state index contributed by atoms with van der Waals surface area (Å²) in [7, 11) is 0. The van der Waals surface area contributed by atoms with Crippen LogP contribution in [-0.2, 0) is 16.8 Å². The minimum Gasteiger partial charge on any atom is -0.508 e. The predicted molar refractivity (Wildman–Crippen MR) is 90.1 cm³/mol. The number of nitrogens with zero attached hydrogens (tertiary/aromatic N) is 2. The minimum absolute atomic E-state index is 0.000210. The molecule has 1 aromatic heterocycles. The first-order chi connectivity index (χ1) is 11.9. The zero-order valence-corrected chi connectivity index (χ0v) is 13.7. The van der Waals surface area contributed by atoms with E-state index in [2.05, 4.69) is 5.10 Å². The fourth-order valence-electron chi connectivity index (χ4n) is 2.42. The van der Waals surface area contributed by atoms with Crippen LogP contribution in [0.25, 0.3) is 16.9 Å². The second-order valence-corrected chi connectivity index (χ2v) is 6.28. The molecule has 8 heteroatoms. The van der Waals surface area contributed by atoms with Crippen molar-refractivity contribution in [2.45, 2.75) is 12.2 Å². The molecule has 0 radical (unpaired) electrons. The van der Waals surface area contributed by atoms with Gasteiger partial charge in [-0.2, -0.15) is 5.10 Å². The summed E-state index contributed by atoms with van der Waals surface area (Å²) in [6.45, 7) is 0. The highest BCUT2D eigenvalue weighted by atomic mass is 32.2. The Hall–Kier alpha value is -2.58. The Balaban J connectivity index is 2.05. The molecule has 25 heavy (non-hydrogen) atoms. The lowest BCUT2D eigenvalue weighted by molar-refractivity contribution is 0.145. The molecular formula is C17H14F2N2O3S. The predicted octanol–water partition coefficient (Wildman–Crippen LogP) is 3.90. The van der Waals surface area contributed by atoms with Crippen LogP contribution in [0.1, 0.15) is 17.7 Å². The number of halogens is 2. The van der Waals surface area contributed by atoms with E-state index in [9.17, 15) is 18.1 Å². The number of hydrogen-bond acceptors (Lipinski definition) is 3. The van der Waals surface area contributed by atoms with Crippen LogP contribution < -0.4 is 0 Å². The van der Waals surface area contributed by atoms with Crippen molar-refractivity contribution in [2.75, 3.05) is 0 Å². The molecule has 3 rings (SSSR count). The second kappa shape index (κ2) is 7.12. The molecule has 0 spiro atoms. The van der Waals surface area contributed by atoms with E-state index >= 15 is 0 Å². The van der Waals surface area contributed by atoms with Gasteiger partial charge in [-0.05, 0) is 35.9 Å². The van der Waals surface area contributed by atoms with Gasteiger partial charge in [0, 0.05) is 5.56 Å². The molecule has 0 saturated carbocycles. The summed E-state index contributed by atoms with van der Waals surface area (Å²) in [4.78, 5) is 0. The topological polar surface area (TPSA) is 75.3 Å². The largest absolute Gasteiger partial charge is 0.508 e. The van der Waals surface area contributed by atoms with Crippen molar-refractivity contribution in [2.24, 2.45) is 0 Å². The fraction of sp³-hybridized carbons (Fsp3) is 0.118. The van der Waals surface area contributed by atoms with Gasteiger partial charge >= 0.3 is 0 Å². The van der Waals surface area contributed by atoms with Crippen LogP contribution in [0, 0.1) is 0 Å². The molecule has 2 N–H and O–H groups in total. The van der Waals surface area contributed by atoms with Crippen molar-refractivity contribution in [3.05, 3.63) is 65.9 Å². The smallest absolute Gasteiger partial charge is 0.282 e. The van der Waals surface area contributed by atoms with E-state index < -0.39 is 17.5 Å². The molecule has 0 amide bonds. The third-order valence-corrected chi connectivity index (χ3v) is 4.17. The molecule has 0 aliphatic carbocycles. The van der Waals surface area contributed by atoms with Crippen LogP contribution in [-0.4, -0.2) is 23.6 Å². The van der Waals surface area contributed by atoms with Gasteiger partial charge in [0.05, 0.1) is 17.1 Å². The van der Waals surface area contributed by atoms with Crippen LogP contribution in [0.4, 0.5) is 8.78 Å². The Bertz CT molecular complexity index is 893. The highest BCUT2D eigenvalue weighted by Gasteiger charge is 2.17. The van der Waals surface area contributed by atoms with Crippen LogP contribution in [0.5, 0.6) is 5.75 Å². The lowest BCUT2D eigenvalue weighted by atomic mass is 10.1. The van der Waals surface area contributed by atoms with Gasteiger partial charge in [-0.15, -0.1) is 0 Å². The van der Waals surface area contributed by atoms with Gasteiger partial charge < -0.3 is 9.66 Å². The molecular weight excluding hydrogens is 350 g/mol. The highest BCUT2D eigenvalue weighted by molar-refractivity contribution is 7.78. The average Bonchev–Trinajstić information content (AvgIpc) is 3.01. The monoisotopic (exact) mass is 364 g/mol. The Kier molecular flexibility index (Phi) is 4.91. The lowest BCUT2D eigenvalue weighted by Crippen LogP contribution is -2.00. The number of rotatable bonds is 5. The van der Waals surface area contributed by atoms with E-state index in [4.69, 9.17) is 4.55 Å². The zero-order valence-electron chi connectivity index (χ0n) is 12.8. The first-order valence-electron chi connectivity index (χ1n) is 7.28. The average molecular weight is 364 g/mol. The number of aromatic hydroxyl groups is 1. The number of aromatic nitrogens is 2. The van der Waals surface area contributed by atoms with Crippen LogP contribution >= 0.6 is 0 Å². The van der Waals surface area contributed by atoms with Gasteiger partial charge in [0.25, 0.3) is 6.43 Å². The maximum atomic E-state index is 13.1. The summed E-state index contributed by atoms with van der Waals surface area (Å²) >= 11 is -1.95. The Labute approximate surface area is 144 Å². The van der Waals surface area contributed by atoms with E-state index in [1.807, 2.05) is 0 Å². The third-order valence-electron chi connectivity index (χ3n) is 3.59. The summed E-state index contributed by atoms with van der Waals surface area (Å²) < 4.78 is 47.3. The summed E-state index contributed by atoms with van der Waals surface area (Å²) in [5, 5.41) is 13.3. The van der Waals surface area contributed by atoms with Crippen molar-refractivity contribution < 1.29 is 22.6 Å². The summed E-state index contributed by atoms with van der Waals surface area (Å²) in [5.41, 5.74) is 1.93. The van der Waals surface area contributed by atoms with Crippen LogP contribution in [0.2, 0.25) is 0 Å². The van der Waals surface area contributed by atoms with Crippen molar-refractivity contribution >= 4 is 11.1 Å². The van der Waals surface area contributed by atoms with Gasteiger partial charge in [0.15, 0.2) is 11.1 Å². The minimum atomic E-state index is -2.71. The first kappa shape index (κ1) is 17.2. The van der Waals surface area contributed by atoms with Gasteiger partial charge in [-0.3, -0.25) is 0 Å². The van der Waals surface area contributed by atoms with Gasteiger partial charge in [0.1, 0.15) is 11.4 Å². The summed E-state index contributed by atoms with van der Waals surface area (Å²) in [6.07, 6.45) is -2.71. The molecule has 0 bridgehead atoms. The molecule has 1 unspecified atom stereocenters. The molecule has 0 saturated heterocycles. The quantitative estimate of drug-likeness (QED) is 0.673. The number of phenolic OH excluding ortho intramolecular Hbond substituents is 1. The first-order valence-corrected chi connectivity index (χ1v) is 8.56. The Morgan fingerprint density at radius 1 is 1.08 bits per heavy atom. The maximum Gasteiger partial charge on any atom is 0.282 e. The van der Waals surface area contributed by atoms with E-state index in [1.165, 1.54) is 22.9 Å². The molecule has 1 atom stereocenters. The number of benzene rings is 2. The van der Waals surface area contributed by atoms with Gasteiger partial charge in [-0.25, -0.2) is 17.7 Å². The Morgan fingerprint density at radius 2 is 1.72 bits per heavy atom. The number of phenols is 1. The van der Waals surface area contributed by atoms with Crippen molar-refractivity contribution in [1.29, 1.82) is 0 Å². The van der Waals surface area contributed by atoms with E-state index in [0.717, 1.165) is 0 Å². The molecule has 0 aliphatic heterocycles. The highest BCUT2D eigenvalue weighted by Crippen LogP contribution is 2.29. The van der Waals surface area contributed by atoms with Gasteiger partial charge in [0.2, 0.25) is 0 Å². The standard InChI is InChI=1S/C17H14F2N2O3S/c18-17(19)15-9-16(12-3-1-11(2-4-12)10-25(23)24)21(20-15)13-5-7-14(22)8-6-13/h1-9,17,22H,10H2,(H,23,24). The van der Waals surface area contributed by atoms with Gasteiger partial charge in [-0.1, -0.05) is 24.3 Å². The molecule has 2 aromatic carbocycles. The van der Waals surface area contributed by atoms with Crippen molar-refractivity contribution in [3.8, 4) is 22.7 Å². The number of alkyl halides is 2. The second-order valence-electron chi connectivity index (χ2n) is 5.35. The Morgan fingerprint density at radius 3 is 2.28 bits per heavy atom. The number of hydrogen-bond donors (Lipinski definition) is 2. The van der Waals surface area contributed by atoms with E-state index in [-0.39, 0.29) is 17.2 Å². The van der Waals surface area contributed by atoms with Crippen LogP contribution in [0.3, 0.4) is 0 Å². The van der Waals surface area contributed by atoms with E-state index in [0.29, 0.717) is 22.5 Å². The third kappa shape index (κ3) is 3.92. The fourth-order valence-corrected chi connectivity index (χ4v) is 2.89. The molecule has 5 nitrogen and oxygen atoms in total. The normalized spacial score (nSPS) is 12.5. The molecule has 130 valence electrons. The van der Waals surface area contributed by atoms with Crippen LogP contribution in [0.15, 0.2) is 54.6 Å². The SMILES string of the molecule is O=S(O)Cc1ccc(-c2cc(C(F)F)nn2-c2ccc(O)cc2)cc1. The molecule has 3 aromatic rings. The molecule has 0 fully saturated rings. The summed E-state index contributed by atoms with van der Waals surface area (Å²) in [6, 6.07) is 14.0. The van der Waals surface area contributed by atoms with E-state index in [1.54, 1.807) is 36.4 Å². The summed E-state index contributed by atoms with van der Waals surface area (Å²) in [5.74, 6) is 0.0627. The maximum absolute atomic E-state index is 13.1. The lowest BCUT2D eigenvalue weighted by Gasteiger charge is -2.08. The molecule has 1 heterocycles.